The van der Waals surface area contributed by atoms with E-state index in [0.717, 1.165) is 58.6 Å². The number of phenolic OH excluding ortho intramolecular Hbond substituents is 1. The summed E-state index contributed by atoms with van der Waals surface area (Å²) in [5.74, 6) is 1.88. The zero-order chi connectivity index (χ0) is 26.8. The number of halogens is 1. The quantitative estimate of drug-likeness (QED) is 0.228. The highest BCUT2D eigenvalue weighted by Crippen LogP contribution is 2.43. The Bertz CT molecular complexity index is 1440. The van der Waals surface area contributed by atoms with Crippen molar-refractivity contribution in [2.45, 2.75) is 39.7 Å². The molecular formula is C31H32FNO4S. The van der Waals surface area contributed by atoms with Gasteiger partial charge >= 0.3 is 0 Å². The first-order valence-electron chi connectivity index (χ1n) is 12.9. The fourth-order valence-corrected chi connectivity index (χ4v) is 6.35. The summed E-state index contributed by atoms with van der Waals surface area (Å²) in [7, 11) is 0. The van der Waals surface area contributed by atoms with E-state index >= 15 is 0 Å². The van der Waals surface area contributed by atoms with Gasteiger partial charge in [-0.05, 0) is 87.2 Å². The zero-order valence-corrected chi connectivity index (χ0v) is 22.7. The number of ketones is 1. The summed E-state index contributed by atoms with van der Waals surface area (Å²) in [5, 5.41) is 10.8. The van der Waals surface area contributed by atoms with Gasteiger partial charge in [-0.25, -0.2) is 0 Å². The molecule has 0 spiro atoms. The third kappa shape index (κ3) is 5.54. The molecular weight excluding hydrogens is 501 g/mol. The Morgan fingerprint density at radius 3 is 2.47 bits per heavy atom. The molecule has 0 bridgehead atoms. The number of aromatic hydroxyl groups is 1. The summed E-state index contributed by atoms with van der Waals surface area (Å²) in [6, 6.07) is 16.5. The van der Waals surface area contributed by atoms with Gasteiger partial charge in [0.1, 0.15) is 28.2 Å². The summed E-state index contributed by atoms with van der Waals surface area (Å²) in [6.07, 6.45) is 1.56. The lowest BCUT2D eigenvalue weighted by molar-refractivity contribution is 0.103. The highest BCUT2D eigenvalue weighted by atomic mass is 32.1. The molecule has 1 fully saturated rings. The van der Waals surface area contributed by atoms with Crippen molar-refractivity contribution in [3.05, 3.63) is 81.7 Å². The predicted octanol–water partition coefficient (Wildman–Crippen LogP) is 7.37. The van der Waals surface area contributed by atoms with Gasteiger partial charge in [0.15, 0.2) is 5.75 Å². The molecule has 1 aliphatic rings. The van der Waals surface area contributed by atoms with Crippen LogP contribution in [0.15, 0.2) is 54.6 Å². The maximum Gasteiger partial charge on any atom is 0.207 e. The van der Waals surface area contributed by atoms with Crippen molar-refractivity contribution in [2.24, 2.45) is 0 Å². The van der Waals surface area contributed by atoms with Gasteiger partial charge in [-0.2, -0.15) is 0 Å². The van der Waals surface area contributed by atoms with Crippen molar-refractivity contribution in [3.8, 4) is 23.0 Å². The van der Waals surface area contributed by atoms with Crippen LogP contribution in [0.25, 0.3) is 10.1 Å². The van der Waals surface area contributed by atoms with Gasteiger partial charge in [0.25, 0.3) is 0 Å². The standard InChI is InChI=1S/C31H32FNO4S/c1-19-15-20(2)28(21(3)16-19)29(35)31-30(26-10-5-22(34)17-27(26)38-31)37-24-8-6-23(7-9-24)36-25-11-14-33(18-25)13-4-12-32/h5-10,15-17,25,34H,4,11-14,18H2,1-3H3/t25-/m1/s1. The first-order chi connectivity index (χ1) is 18.3. The number of carbonyl (C=O) groups is 1. The summed E-state index contributed by atoms with van der Waals surface area (Å²) >= 11 is 1.32. The molecule has 2 heterocycles. The molecule has 5 rings (SSSR count). The van der Waals surface area contributed by atoms with Crippen LogP contribution in [-0.4, -0.2) is 48.2 Å². The molecule has 7 heteroatoms. The van der Waals surface area contributed by atoms with Crippen LogP contribution in [0.3, 0.4) is 0 Å². The summed E-state index contributed by atoms with van der Waals surface area (Å²) in [5.41, 5.74) is 3.64. The van der Waals surface area contributed by atoms with E-state index in [2.05, 4.69) is 4.90 Å². The molecule has 1 aliphatic heterocycles. The number of hydrogen-bond donors (Lipinski definition) is 1. The normalized spacial score (nSPS) is 15.7. The van der Waals surface area contributed by atoms with Crippen molar-refractivity contribution in [1.29, 1.82) is 0 Å². The van der Waals surface area contributed by atoms with Gasteiger partial charge in [-0.3, -0.25) is 14.1 Å². The minimum Gasteiger partial charge on any atom is -0.508 e. The smallest absolute Gasteiger partial charge is 0.207 e. The zero-order valence-electron chi connectivity index (χ0n) is 21.9. The molecule has 4 aromatic rings. The number of ether oxygens (including phenoxy) is 2. The molecule has 1 saturated heterocycles. The Morgan fingerprint density at radius 1 is 1.05 bits per heavy atom. The van der Waals surface area contributed by atoms with Crippen molar-refractivity contribution in [1.82, 2.24) is 4.90 Å². The van der Waals surface area contributed by atoms with E-state index in [9.17, 15) is 14.3 Å². The minimum absolute atomic E-state index is 0.0834. The minimum atomic E-state index is -0.290. The number of benzene rings is 3. The summed E-state index contributed by atoms with van der Waals surface area (Å²) in [6.45, 7) is 8.12. The second kappa shape index (κ2) is 11.1. The van der Waals surface area contributed by atoms with Crippen LogP contribution in [-0.2, 0) is 0 Å². The molecule has 38 heavy (non-hydrogen) atoms. The van der Waals surface area contributed by atoms with E-state index in [1.54, 1.807) is 18.2 Å². The number of rotatable bonds is 9. The highest BCUT2D eigenvalue weighted by molar-refractivity contribution is 7.21. The van der Waals surface area contributed by atoms with Gasteiger partial charge in [0.2, 0.25) is 5.78 Å². The van der Waals surface area contributed by atoms with Crippen LogP contribution in [0.1, 0.15) is 44.8 Å². The fraction of sp³-hybridized carbons (Fsp3) is 0.323. The fourth-order valence-electron chi connectivity index (χ4n) is 5.24. The second-order valence-electron chi connectivity index (χ2n) is 9.99. The topological polar surface area (TPSA) is 59.0 Å². The number of alkyl halides is 1. The average Bonchev–Trinajstić information content (AvgIpc) is 3.47. The number of aryl methyl sites for hydroxylation is 3. The van der Waals surface area contributed by atoms with Crippen LogP contribution in [0.2, 0.25) is 0 Å². The van der Waals surface area contributed by atoms with E-state index in [4.69, 9.17) is 9.47 Å². The first kappa shape index (κ1) is 26.2. The largest absolute Gasteiger partial charge is 0.508 e. The summed E-state index contributed by atoms with van der Waals surface area (Å²) in [4.78, 5) is 16.6. The molecule has 1 atom stereocenters. The monoisotopic (exact) mass is 533 g/mol. The molecule has 198 valence electrons. The number of likely N-dealkylation sites (tertiary alicyclic amines) is 1. The van der Waals surface area contributed by atoms with Gasteiger partial charge in [-0.1, -0.05) is 17.7 Å². The maximum absolute atomic E-state index is 13.8. The lowest BCUT2D eigenvalue weighted by atomic mass is 9.95. The molecule has 1 N–H and O–H groups in total. The number of phenols is 1. The van der Waals surface area contributed by atoms with E-state index in [1.165, 1.54) is 11.3 Å². The molecule has 0 unspecified atom stereocenters. The third-order valence-corrected chi connectivity index (χ3v) is 8.05. The molecule has 0 aliphatic carbocycles. The Kier molecular flexibility index (Phi) is 7.68. The molecule has 3 aromatic carbocycles. The van der Waals surface area contributed by atoms with Crippen LogP contribution in [0, 0.1) is 20.8 Å². The van der Waals surface area contributed by atoms with Gasteiger partial charge in [0.05, 0.1) is 6.67 Å². The lowest BCUT2D eigenvalue weighted by Gasteiger charge is -2.16. The Balaban J connectivity index is 1.40. The maximum atomic E-state index is 13.8. The number of carbonyl (C=O) groups excluding carboxylic acids is 1. The van der Waals surface area contributed by atoms with Gasteiger partial charge in [0, 0.05) is 35.3 Å². The molecule has 0 saturated carbocycles. The molecule has 0 radical (unpaired) electrons. The van der Waals surface area contributed by atoms with Crippen molar-refractivity contribution in [2.75, 3.05) is 26.3 Å². The SMILES string of the molecule is Cc1cc(C)c(C(=O)c2sc3cc(O)ccc3c2Oc2ccc(O[C@@H]3CCN(CCCF)C3)cc2)c(C)c1. The van der Waals surface area contributed by atoms with Crippen LogP contribution < -0.4 is 9.47 Å². The Labute approximate surface area is 226 Å². The van der Waals surface area contributed by atoms with E-state index < -0.39 is 0 Å². The number of fused-ring (bicyclic) bond motifs is 1. The van der Waals surface area contributed by atoms with Crippen molar-refractivity contribution < 1.29 is 23.8 Å². The summed E-state index contributed by atoms with van der Waals surface area (Å²) < 4.78 is 25.7. The van der Waals surface area contributed by atoms with Crippen LogP contribution >= 0.6 is 11.3 Å². The second-order valence-corrected chi connectivity index (χ2v) is 11.0. The number of thiophene rings is 1. The van der Waals surface area contributed by atoms with E-state index in [0.29, 0.717) is 28.4 Å². The Morgan fingerprint density at radius 2 is 1.76 bits per heavy atom. The van der Waals surface area contributed by atoms with Gasteiger partial charge in [-0.15, -0.1) is 11.3 Å². The highest BCUT2D eigenvalue weighted by Gasteiger charge is 2.26. The average molecular weight is 534 g/mol. The first-order valence-corrected chi connectivity index (χ1v) is 13.7. The molecule has 0 amide bonds. The van der Waals surface area contributed by atoms with Crippen LogP contribution in [0.5, 0.6) is 23.0 Å². The Hall–Kier alpha value is -3.42. The number of nitrogens with zero attached hydrogens (tertiary/aromatic N) is 1. The van der Waals surface area contributed by atoms with E-state index in [1.807, 2.05) is 57.2 Å². The van der Waals surface area contributed by atoms with Gasteiger partial charge < -0.3 is 14.6 Å². The van der Waals surface area contributed by atoms with Crippen LogP contribution in [0.4, 0.5) is 4.39 Å². The molecule has 1 aromatic heterocycles. The lowest BCUT2D eigenvalue weighted by Crippen LogP contribution is -2.26. The van der Waals surface area contributed by atoms with Crippen molar-refractivity contribution >= 4 is 27.2 Å². The predicted molar refractivity (Wildman–Crippen MR) is 150 cm³/mol. The van der Waals surface area contributed by atoms with E-state index in [-0.39, 0.29) is 24.3 Å². The molecule has 5 nitrogen and oxygen atoms in total. The third-order valence-electron chi connectivity index (χ3n) is 6.92. The number of hydrogen-bond acceptors (Lipinski definition) is 6. The van der Waals surface area contributed by atoms with Crippen molar-refractivity contribution in [3.63, 3.8) is 0 Å².